The quantitative estimate of drug-likeness (QED) is 0.538. The Labute approximate surface area is 162 Å². The highest BCUT2D eigenvalue weighted by Gasteiger charge is 2.24. The predicted molar refractivity (Wildman–Crippen MR) is 93.3 cm³/mol. The Bertz CT molecular complexity index is 1040. The first-order valence-corrected chi connectivity index (χ1v) is 10.4. The van der Waals surface area contributed by atoms with Crippen LogP contribution >= 0.6 is 11.3 Å². The van der Waals surface area contributed by atoms with Crippen molar-refractivity contribution >= 4 is 21.4 Å². The van der Waals surface area contributed by atoms with Gasteiger partial charge < -0.3 is 4.42 Å². The molecule has 8 nitrogen and oxygen atoms in total. The van der Waals surface area contributed by atoms with Gasteiger partial charge in [0, 0.05) is 0 Å². The third kappa shape index (κ3) is 4.72. The maximum absolute atomic E-state index is 13.0. The average Bonchev–Trinajstić information content (AvgIpc) is 3.32. The van der Waals surface area contributed by atoms with E-state index < -0.39 is 28.2 Å². The summed E-state index contributed by atoms with van der Waals surface area (Å²) < 4.78 is 69.0. The van der Waals surface area contributed by atoms with E-state index in [9.17, 15) is 21.6 Å². The third-order valence-electron chi connectivity index (χ3n) is 3.59. The Kier molecular flexibility index (Phi) is 6.05. The molecule has 28 heavy (non-hydrogen) atoms. The van der Waals surface area contributed by atoms with Crippen LogP contribution in [0.15, 0.2) is 28.9 Å². The lowest BCUT2D eigenvalue weighted by atomic mass is 10.3. The van der Waals surface area contributed by atoms with E-state index in [0.717, 1.165) is 21.8 Å². The summed E-state index contributed by atoms with van der Waals surface area (Å²) >= 11 is 1.04. The van der Waals surface area contributed by atoms with Crippen LogP contribution in [0.25, 0.3) is 10.8 Å². The standard InChI is InChI=1S/C15H14F3N5O3S2/c1-2-28(24,25)23(7-10-4-3-9(16)5-19-10)8-12-20-6-11(27-12)14-21-22-15(26-14)13(17)18/h3-6,13H,2,7-8H2,1H3. The number of hydrogen-bond acceptors (Lipinski definition) is 8. The monoisotopic (exact) mass is 433 g/mol. The highest BCUT2D eigenvalue weighted by Crippen LogP contribution is 2.28. The van der Waals surface area contributed by atoms with Gasteiger partial charge in [-0.25, -0.2) is 17.8 Å². The maximum atomic E-state index is 13.0. The summed E-state index contributed by atoms with van der Waals surface area (Å²) in [4.78, 5) is 8.32. The van der Waals surface area contributed by atoms with Crippen molar-refractivity contribution in [1.29, 1.82) is 0 Å². The number of halogens is 3. The molecule has 0 radical (unpaired) electrons. The molecule has 0 atom stereocenters. The van der Waals surface area contributed by atoms with Crippen molar-refractivity contribution in [3.63, 3.8) is 0 Å². The van der Waals surface area contributed by atoms with E-state index in [4.69, 9.17) is 4.42 Å². The van der Waals surface area contributed by atoms with Crippen LogP contribution in [-0.4, -0.2) is 38.6 Å². The first-order chi connectivity index (χ1) is 13.3. The van der Waals surface area contributed by atoms with Gasteiger partial charge in [-0.15, -0.1) is 21.5 Å². The van der Waals surface area contributed by atoms with E-state index >= 15 is 0 Å². The number of pyridine rings is 1. The van der Waals surface area contributed by atoms with E-state index in [2.05, 4.69) is 20.2 Å². The number of nitrogens with zero attached hydrogens (tertiary/aromatic N) is 5. The summed E-state index contributed by atoms with van der Waals surface area (Å²) in [6.45, 7) is 1.36. The van der Waals surface area contributed by atoms with Crippen LogP contribution in [0.4, 0.5) is 13.2 Å². The van der Waals surface area contributed by atoms with Crippen LogP contribution in [0.3, 0.4) is 0 Å². The molecular formula is C15H14F3N5O3S2. The molecule has 0 fully saturated rings. The topological polar surface area (TPSA) is 102 Å². The average molecular weight is 433 g/mol. The number of hydrogen-bond donors (Lipinski definition) is 0. The largest absolute Gasteiger partial charge is 0.414 e. The molecule has 0 N–H and O–H groups in total. The molecule has 3 rings (SSSR count). The molecule has 0 unspecified atom stereocenters. The summed E-state index contributed by atoms with van der Waals surface area (Å²) in [6, 6.07) is 2.59. The van der Waals surface area contributed by atoms with Crippen molar-refractivity contribution in [1.82, 2.24) is 24.5 Å². The molecule has 0 aromatic carbocycles. The second-order valence-electron chi connectivity index (χ2n) is 5.50. The predicted octanol–water partition coefficient (Wildman–Crippen LogP) is 3.02. The lowest BCUT2D eigenvalue weighted by Crippen LogP contribution is -2.31. The van der Waals surface area contributed by atoms with Crippen molar-refractivity contribution < 1.29 is 26.0 Å². The SMILES string of the molecule is CCS(=O)(=O)N(Cc1ccc(F)cn1)Cc1ncc(-c2nnc(C(F)F)o2)s1. The normalized spacial score (nSPS) is 12.2. The van der Waals surface area contributed by atoms with Gasteiger partial charge >= 0.3 is 6.43 Å². The second-order valence-corrected chi connectivity index (χ2v) is 8.87. The first kappa shape index (κ1) is 20.4. The molecule has 3 heterocycles. The molecule has 150 valence electrons. The van der Waals surface area contributed by atoms with E-state index in [-0.39, 0.29) is 24.7 Å². The van der Waals surface area contributed by atoms with Gasteiger partial charge in [0.25, 0.3) is 11.8 Å². The van der Waals surface area contributed by atoms with Crippen LogP contribution in [0.5, 0.6) is 0 Å². The molecule has 0 saturated heterocycles. The van der Waals surface area contributed by atoms with Crippen LogP contribution < -0.4 is 0 Å². The Morgan fingerprint density at radius 3 is 2.57 bits per heavy atom. The minimum absolute atomic E-state index is 0.0680. The zero-order valence-corrected chi connectivity index (χ0v) is 16.1. The van der Waals surface area contributed by atoms with Gasteiger partial charge in [-0.2, -0.15) is 13.1 Å². The van der Waals surface area contributed by atoms with Crippen molar-refractivity contribution in [2.75, 3.05) is 5.75 Å². The molecule has 13 heteroatoms. The summed E-state index contributed by atoms with van der Waals surface area (Å²) in [5, 5.41) is 7.18. The number of rotatable bonds is 8. The smallest absolute Gasteiger partial charge is 0.314 e. The first-order valence-electron chi connectivity index (χ1n) is 7.93. The molecule has 3 aromatic heterocycles. The summed E-state index contributed by atoms with van der Waals surface area (Å²) in [7, 11) is -3.61. The molecule has 0 spiro atoms. The van der Waals surface area contributed by atoms with Crippen LogP contribution in [-0.2, 0) is 23.1 Å². The number of aromatic nitrogens is 4. The fourth-order valence-electron chi connectivity index (χ4n) is 2.17. The zero-order chi connectivity index (χ0) is 20.3. The highest BCUT2D eigenvalue weighted by molar-refractivity contribution is 7.89. The Morgan fingerprint density at radius 1 is 1.18 bits per heavy atom. The van der Waals surface area contributed by atoms with Crippen molar-refractivity contribution in [2.24, 2.45) is 0 Å². The van der Waals surface area contributed by atoms with Gasteiger partial charge in [-0.05, 0) is 19.1 Å². The van der Waals surface area contributed by atoms with Crippen LogP contribution in [0, 0.1) is 5.82 Å². The molecule has 3 aromatic rings. The number of sulfonamides is 1. The van der Waals surface area contributed by atoms with Crippen molar-refractivity contribution in [3.8, 4) is 10.8 Å². The summed E-state index contributed by atoms with van der Waals surface area (Å²) in [6.07, 6.45) is -0.540. The van der Waals surface area contributed by atoms with E-state index in [1.54, 1.807) is 0 Å². The van der Waals surface area contributed by atoms with Gasteiger partial charge in [0.1, 0.15) is 15.7 Å². The second kappa shape index (κ2) is 8.32. The zero-order valence-electron chi connectivity index (χ0n) is 14.4. The fraction of sp³-hybridized carbons (Fsp3) is 0.333. The highest BCUT2D eigenvalue weighted by atomic mass is 32.2. The Balaban J connectivity index is 1.80. The van der Waals surface area contributed by atoms with E-state index in [0.29, 0.717) is 15.6 Å². The lowest BCUT2D eigenvalue weighted by molar-refractivity contribution is 0.116. The minimum atomic E-state index is -3.61. The summed E-state index contributed by atoms with van der Waals surface area (Å²) in [5.41, 5.74) is 0.369. The lowest BCUT2D eigenvalue weighted by Gasteiger charge is -2.19. The fourth-order valence-corrected chi connectivity index (χ4v) is 4.12. The Morgan fingerprint density at radius 2 is 1.96 bits per heavy atom. The molecule has 0 aliphatic rings. The maximum Gasteiger partial charge on any atom is 0.314 e. The van der Waals surface area contributed by atoms with Gasteiger partial charge in [-0.3, -0.25) is 4.98 Å². The van der Waals surface area contributed by atoms with Gasteiger partial charge in [0.2, 0.25) is 10.0 Å². The molecular weight excluding hydrogens is 419 g/mol. The summed E-state index contributed by atoms with van der Waals surface area (Å²) in [5.74, 6) is -1.60. The molecule has 0 bridgehead atoms. The third-order valence-corrected chi connectivity index (χ3v) is 6.33. The van der Waals surface area contributed by atoms with Gasteiger partial charge in [0.05, 0.1) is 36.9 Å². The van der Waals surface area contributed by atoms with Crippen LogP contribution in [0.2, 0.25) is 0 Å². The van der Waals surface area contributed by atoms with Crippen molar-refractivity contribution in [2.45, 2.75) is 26.4 Å². The van der Waals surface area contributed by atoms with Gasteiger partial charge in [-0.1, -0.05) is 0 Å². The van der Waals surface area contributed by atoms with Gasteiger partial charge in [0.15, 0.2) is 0 Å². The molecule has 0 aliphatic heterocycles. The minimum Gasteiger partial charge on any atom is -0.414 e. The molecule has 0 saturated carbocycles. The number of thiazole rings is 1. The molecule has 0 aliphatic carbocycles. The molecule has 0 amide bonds. The van der Waals surface area contributed by atoms with E-state index in [1.165, 1.54) is 25.3 Å². The van der Waals surface area contributed by atoms with E-state index in [1.807, 2.05) is 0 Å². The Hall–Kier alpha value is -2.38. The van der Waals surface area contributed by atoms with Crippen LogP contribution in [0.1, 0.15) is 29.9 Å². The number of alkyl halides is 2. The van der Waals surface area contributed by atoms with Crippen molar-refractivity contribution in [3.05, 3.63) is 46.9 Å².